The fraction of sp³-hybridized carbons (Fsp3) is 0.348. The number of likely N-dealkylation sites (tertiary alicyclic amines) is 1. The average Bonchev–Trinajstić information content (AvgIpc) is 2.77. The van der Waals surface area contributed by atoms with E-state index in [-0.39, 0.29) is 29.9 Å². The minimum Gasteiger partial charge on any atom is -0.508 e. The molecule has 4 rings (SSSR count). The highest BCUT2D eigenvalue weighted by Crippen LogP contribution is 2.34. The summed E-state index contributed by atoms with van der Waals surface area (Å²) < 4.78 is 5.95. The van der Waals surface area contributed by atoms with Gasteiger partial charge in [-0.1, -0.05) is 12.1 Å². The lowest BCUT2D eigenvalue weighted by molar-refractivity contribution is -0.141. The Labute approximate surface area is 174 Å². The molecular formula is C23H24N2O5. The first-order valence-electron chi connectivity index (χ1n) is 10.1. The van der Waals surface area contributed by atoms with Crippen molar-refractivity contribution in [2.24, 2.45) is 0 Å². The molecule has 2 aromatic carbocycles. The van der Waals surface area contributed by atoms with Crippen molar-refractivity contribution in [3.63, 3.8) is 0 Å². The molecule has 2 aliphatic rings. The summed E-state index contributed by atoms with van der Waals surface area (Å²) in [7, 11) is 0. The molecule has 7 nitrogen and oxygen atoms in total. The zero-order valence-electron chi connectivity index (χ0n) is 16.8. The number of carbonyl (C=O) groups is 3. The Balaban J connectivity index is 1.58. The van der Waals surface area contributed by atoms with Crippen molar-refractivity contribution in [3.8, 4) is 11.5 Å². The van der Waals surface area contributed by atoms with E-state index in [4.69, 9.17) is 4.74 Å². The average molecular weight is 408 g/mol. The molecule has 0 radical (unpaired) electrons. The van der Waals surface area contributed by atoms with Crippen LogP contribution in [0.25, 0.3) is 0 Å². The van der Waals surface area contributed by atoms with Crippen molar-refractivity contribution >= 4 is 23.3 Å². The number of rotatable bonds is 3. The number of fused-ring (bicyclic) bond motifs is 1. The number of Topliss-reactive ketones (excluding diaryl/α,β-unsaturated/α-hetero) is 1. The highest BCUT2D eigenvalue weighted by atomic mass is 16.5. The van der Waals surface area contributed by atoms with Gasteiger partial charge < -0.3 is 19.6 Å². The van der Waals surface area contributed by atoms with Gasteiger partial charge in [0.25, 0.3) is 5.91 Å². The summed E-state index contributed by atoms with van der Waals surface area (Å²) in [5.41, 5.74) is 1.10. The Morgan fingerprint density at radius 3 is 2.50 bits per heavy atom. The molecule has 2 aromatic rings. The van der Waals surface area contributed by atoms with E-state index in [1.807, 2.05) is 6.07 Å². The van der Waals surface area contributed by atoms with Crippen LogP contribution < -0.4 is 9.64 Å². The SMILES string of the molecule is CC(=O)N1CC(C(=O)N2CCCCC2C(=O)c2ccc(O)cc2)Oc2ccccc21. The van der Waals surface area contributed by atoms with Crippen LogP contribution in [0.2, 0.25) is 0 Å². The van der Waals surface area contributed by atoms with Gasteiger partial charge in [-0.3, -0.25) is 14.4 Å². The summed E-state index contributed by atoms with van der Waals surface area (Å²) in [5, 5.41) is 9.48. The van der Waals surface area contributed by atoms with Crippen LogP contribution in [0.1, 0.15) is 36.5 Å². The monoisotopic (exact) mass is 408 g/mol. The van der Waals surface area contributed by atoms with Gasteiger partial charge >= 0.3 is 0 Å². The number of benzene rings is 2. The van der Waals surface area contributed by atoms with E-state index in [9.17, 15) is 19.5 Å². The van der Waals surface area contributed by atoms with Crippen LogP contribution in [0.3, 0.4) is 0 Å². The van der Waals surface area contributed by atoms with Crippen LogP contribution in [0, 0.1) is 0 Å². The number of carbonyl (C=O) groups excluding carboxylic acids is 3. The molecule has 0 aromatic heterocycles. The number of piperidine rings is 1. The maximum absolute atomic E-state index is 13.4. The lowest BCUT2D eigenvalue weighted by atomic mass is 9.93. The van der Waals surface area contributed by atoms with Gasteiger partial charge in [-0.25, -0.2) is 0 Å². The molecule has 1 fully saturated rings. The van der Waals surface area contributed by atoms with Crippen molar-refractivity contribution in [2.45, 2.75) is 38.3 Å². The third-order valence-electron chi connectivity index (χ3n) is 5.67. The van der Waals surface area contributed by atoms with Crippen LogP contribution in [-0.2, 0) is 9.59 Å². The second kappa shape index (κ2) is 8.18. The number of ether oxygens (including phenoxy) is 1. The first kappa shape index (κ1) is 19.9. The Hall–Kier alpha value is -3.35. The highest BCUT2D eigenvalue weighted by molar-refractivity contribution is 6.03. The second-order valence-corrected chi connectivity index (χ2v) is 7.66. The second-order valence-electron chi connectivity index (χ2n) is 7.66. The number of aromatic hydroxyl groups is 1. The molecule has 2 amide bonds. The first-order chi connectivity index (χ1) is 14.5. The maximum Gasteiger partial charge on any atom is 0.266 e. The number of hydrogen-bond acceptors (Lipinski definition) is 5. The number of amides is 2. The Bertz CT molecular complexity index is 972. The quantitative estimate of drug-likeness (QED) is 0.789. The summed E-state index contributed by atoms with van der Waals surface area (Å²) in [6.07, 6.45) is 1.37. The fourth-order valence-corrected chi connectivity index (χ4v) is 4.13. The Kier molecular flexibility index (Phi) is 5.44. The predicted octanol–water partition coefficient (Wildman–Crippen LogP) is 2.77. The van der Waals surface area contributed by atoms with Gasteiger partial charge in [0.15, 0.2) is 11.9 Å². The molecule has 1 saturated heterocycles. The number of hydrogen-bond donors (Lipinski definition) is 1. The highest BCUT2D eigenvalue weighted by Gasteiger charge is 2.40. The molecular weight excluding hydrogens is 384 g/mol. The van der Waals surface area contributed by atoms with Crippen molar-refractivity contribution < 1.29 is 24.2 Å². The van der Waals surface area contributed by atoms with Gasteiger partial charge in [0.2, 0.25) is 5.91 Å². The smallest absolute Gasteiger partial charge is 0.266 e. The maximum atomic E-state index is 13.4. The van der Waals surface area contributed by atoms with Crippen LogP contribution in [-0.4, -0.2) is 52.8 Å². The number of nitrogens with zero attached hydrogens (tertiary/aromatic N) is 2. The van der Waals surface area contributed by atoms with E-state index in [2.05, 4.69) is 0 Å². The zero-order valence-corrected chi connectivity index (χ0v) is 16.8. The normalized spacial score (nSPS) is 20.8. The molecule has 30 heavy (non-hydrogen) atoms. The van der Waals surface area contributed by atoms with Crippen molar-refractivity contribution in [1.29, 1.82) is 0 Å². The topological polar surface area (TPSA) is 87.2 Å². The van der Waals surface area contributed by atoms with Crippen molar-refractivity contribution in [2.75, 3.05) is 18.0 Å². The van der Waals surface area contributed by atoms with Gasteiger partial charge in [-0.05, 0) is 55.7 Å². The molecule has 1 N–H and O–H groups in total. The number of phenolic OH excluding ortho intramolecular Hbond substituents is 1. The fourth-order valence-electron chi connectivity index (χ4n) is 4.13. The standard InChI is InChI=1S/C23H24N2O5/c1-15(26)25-14-21(30-20-8-3-2-6-18(20)25)23(29)24-13-5-4-7-19(24)22(28)16-9-11-17(27)12-10-16/h2-3,6,8-12,19,21,27H,4-5,7,13-14H2,1H3. The van der Waals surface area contributed by atoms with Crippen molar-refractivity contribution in [1.82, 2.24) is 4.90 Å². The molecule has 7 heteroatoms. The third-order valence-corrected chi connectivity index (χ3v) is 5.67. The van der Waals surface area contributed by atoms with Gasteiger partial charge in [-0.15, -0.1) is 0 Å². The molecule has 156 valence electrons. The molecule has 2 unspecified atom stereocenters. The largest absolute Gasteiger partial charge is 0.508 e. The Morgan fingerprint density at radius 1 is 1.03 bits per heavy atom. The third kappa shape index (κ3) is 3.75. The van der Waals surface area contributed by atoms with E-state index in [0.29, 0.717) is 30.0 Å². The van der Waals surface area contributed by atoms with Crippen molar-refractivity contribution in [3.05, 3.63) is 54.1 Å². The van der Waals surface area contributed by atoms with Crippen LogP contribution in [0.5, 0.6) is 11.5 Å². The molecule has 0 aliphatic carbocycles. The summed E-state index contributed by atoms with van der Waals surface area (Å²) in [6, 6.07) is 12.6. The van der Waals surface area contributed by atoms with Gasteiger partial charge in [0, 0.05) is 19.0 Å². The van der Waals surface area contributed by atoms with Crippen LogP contribution in [0.15, 0.2) is 48.5 Å². The lowest BCUT2D eigenvalue weighted by Gasteiger charge is -2.40. The van der Waals surface area contributed by atoms with Gasteiger partial charge in [0.05, 0.1) is 18.3 Å². The van der Waals surface area contributed by atoms with Gasteiger partial charge in [-0.2, -0.15) is 0 Å². The molecule has 2 aliphatic heterocycles. The summed E-state index contributed by atoms with van der Waals surface area (Å²) in [6.45, 7) is 2.04. The first-order valence-corrected chi connectivity index (χ1v) is 10.1. The number of ketones is 1. The van der Waals surface area contributed by atoms with E-state index in [1.54, 1.807) is 40.1 Å². The summed E-state index contributed by atoms with van der Waals surface area (Å²) in [4.78, 5) is 41.8. The molecule has 2 atom stereocenters. The minimum atomic E-state index is -0.864. The number of anilines is 1. The lowest BCUT2D eigenvalue weighted by Crippen LogP contribution is -2.56. The van der Waals surface area contributed by atoms with E-state index >= 15 is 0 Å². The van der Waals surface area contributed by atoms with E-state index in [1.165, 1.54) is 19.1 Å². The molecule has 0 saturated carbocycles. The number of phenols is 1. The Morgan fingerprint density at radius 2 is 1.77 bits per heavy atom. The molecule has 2 heterocycles. The van der Waals surface area contributed by atoms with Gasteiger partial charge in [0.1, 0.15) is 11.5 Å². The van der Waals surface area contributed by atoms with E-state index in [0.717, 1.165) is 12.8 Å². The van der Waals surface area contributed by atoms with E-state index < -0.39 is 12.1 Å². The number of para-hydroxylation sites is 2. The summed E-state index contributed by atoms with van der Waals surface area (Å²) in [5.74, 6) is -0.0355. The molecule has 0 bridgehead atoms. The predicted molar refractivity (Wildman–Crippen MR) is 111 cm³/mol. The zero-order chi connectivity index (χ0) is 21.3. The van der Waals surface area contributed by atoms with Crippen LogP contribution in [0.4, 0.5) is 5.69 Å². The van der Waals surface area contributed by atoms with Crippen LogP contribution >= 0.6 is 0 Å². The minimum absolute atomic E-state index is 0.0849. The molecule has 0 spiro atoms. The summed E-state index contributed by atoms with van der Waals surface area (Å²) >= 11 is 0.